The Bertz CT molecular complexity index is 610. The summed E-state index contributed by atoms with van der Waals surface area (Å²) in [6, 6.07) is 1.74. The van der Waals surface area contributed by atoms with Gasteiger partial charge in [0.25, 0.3) is 0 Å². The lowest BCUT2D eigenvalue weighted by atomic mass is 10.3. The summed E-state index contributed by atoms with van der Waals surface area (Å²) < 4.78 is 16.4. The highest BCUT2D eigenvalue weighted by atomic mass is 35.5. The van der Waals surface area contributed by atoms with E-state index in [1.54, 1.807) is 20.1 Å². The largest absolute Gasteiger partial charge is 0.461 e. The van der Waals surface area contributed by atoms with Crippen LogP contribution in [0, 0.1) is 0 Å². The van der Waals surface area contributed by atoms with Crippen LogP contribution >= 0.6 is 11.6 Å². The first-order valence-corrected chi connectivity index (χ1v) is 6.81. The van der Waals surface area contributed by atoms with E-state index in [0.29, 0.717) is 30.3 Å². The smallest absolute Gasteiger partial charge is 0.360 e. The molecule has 2 rings (SSSR count). The van der Waals surface area contributed by atoms with Gasteiger partial charge in [0.1, 0.15) is 12.3 Å². The van der Waals surface area contributed by atoms with E-state index < -0.39 is 5.97 Å². The van der Waals surface area contributed by atoms with E-state index in [-0.39, 0.29) is 18.2 Å². The number of rotatable bonds is 7. The van der Waals surface area contributed by atoms with Crippen molar-refractivity contribution in [2.24, 2.45) is 0 Å². The molecule has 0 atom stereocenters. The molecular formula is C12H15ClN4O4. The van der Waals surface area contributed by atoms with Crippen LogP contribution in [0.1, 0.15) is 34.6 Å². The van der Waals surface area contributed by atoms with Crippen molar-refractivity contribution in [3.05, 3.63) is 28.9 Å². The number of ether oxygens (including phenoxy) is 2. The molecule has 2 heterocycles. The molecule has 0 saturated heterocycles. The van der Waals surface area contributed by atoms with Gasteiger partial charge in [-0.25, -0.2) is 9.48 Å². The quantitative estimate of drug-likeness (QED) is 0.563. The van der Waals surface area contributed by atoms with E-state index in [2.05, 4.69) is 15.5 Å². The van der Waals surface area contributed by atoms with Gasteiger partial charge in [-0.2, -0.15) is 0 Å². The zero-order valence-electron chi connectivity index (χ0n) is 11.7. The predicted molar refractivity (Wildman–Crippen MR) is 71.9 cm³/mol. The van der Waals surface area contributed by atoms with Gasteiger partial charge in [-0.3, -0.25) is 0 Å². The van der Waals surface area contributed by atoms with Crippen LogP contribution in [0.3, 0.4) is 0 Å². The summed E-state index contributed by atoms with van der Waals surface area (Å²) in [5.41, 5.74) is 1.23. The average molecular weight is 315 g/mol. The van der Waals surface area contributed by atoms with Crippen molar-refractivity contribution >= 4 is 17.6 Å². The minimum Gasteiger partial charge on any atom is -0.461 e. The van der Waals surface area contributed by atoms with Gasteiger partial charge in [-0.1, -0.05) is 10.4 Å². The number of alkyl halides is 1. The molecule has 0 aliphatic rings. The summed E-state index contributed by atoms with van der Waals surface area (Å²) in [6.07, 6.45) is 0. The molecular weight excluding hydrogens is 300 g/mol. The maximum absolute atomic E-state index is 11.7. The van der Waals surface area contributed by atoms with Gasteiger partial charge in [-0.15, -0.1) is 16.7 Å². The van der Waals surface area contributed by atoms with Crippen molar-refractivity contribution < 1.29 is 18.8 Å². The van der Waals surface area contributed by atoms with Crippen LogP contribution < -0.4 is 0 Å². The van der Waals surface area contributed by atoms with Crippen LogP contribution in [0.15, 0.2) is 10.6 Å². The normalized spacial score (nSPS) is 10.8. The third-order valence-corrected chi connectivity index (χ3v) is 2.89. The lowest BCUT2D eigenvalue weighted by Gasteiger charge is -2.03. The molecule has 0 spiro atoms. The fourth-order valence-corrected chi connectivity index (χ4v) is 2.01. The molecule has 114 valence electrons. The Balaban J connectivity index is 2.17. The Morgan fingerprint density at radius 2 is 2.33 bits per heavy atom. The number of esters is 1. The lowest BCUT2D eigenvalue weighted by molar-refractivity contribution is 0.0518. The van der Waals surface area contributed by atoms with E-state index in [1.807, 2.05) is 0 Å². The van der Waals surface area contributed by atoms with E-state index in [0.717, 1.165) is 0 Å². The number of hydrogen-bond donors (Lipinski definition) is 0. The molecule has 0 aromatic carbocycles. The SMILES string of the molecule is CCOC(=O)c1nnn(Cc2cc(COC)on2)c1CCl. The van der Waals surface area contributed by atoms with Gasteiger partial charge in [0, 0.05) is 13.2 Å². The van der Waals surface area contributed by atoms with Crippen molar-refractivity contribution in [2.45, 2.75) is 26.0 Å². The number of halogens is 1. The monoisotopic (exact) mass is 314 g/mol. The van der Waals surface area contributed by atoms with E-state index in [1.165, 1.54) is 4.68 Å². The molecule has 0 bridgehead atoms. The number of nitrogens with zero attached hydrogens (tertiary/aromatic N) is 4. The molecule has 8 nitrogen and oxygen atoms in total. The number of aromatic nitrogens is 4. The first kappa shape index (κ1) is 15.5. The van der Waals surface area contributed by atoms with Gasteiger partial charge in [0.05, 0.1) is 24.7 Å². The van der Waals surface area contributed by atoms with E-state index in [9.17, 15) is 4.79 Å². The molecule has 0 N–H and O–H groups in total. The maximum atomic E-state index is 11.7. The predicted octanol–water partition coefficient (Wildman–Crippen LogP) is 1.38. The summed E-state index contributed by atoms with van der Waals surface area (Å²) in [5, 5.41) is 11.6. The highest BCUT2D eigenvalue weighted by Gasteiger charge is 2.20. The third kappa shape index (κ3) is 3.59. The molecule has 9 heteroatoms. The molecule has 2 aromatic heterocycles. The minimum absolute atomic E-state index is 0.0872. The first-order chi connectivity index (χ1) is 10.2. The Morgan fingerprint density at radius 3 is 3.00 bits per heavy atom. The topological polar surface area (TPSA) is 92.3 Å². The zero-order valence-corrected chi connectivity index (χ0v) is 12.5. The fourth-order valence-electron chi connectivity index (χ4n) is 1.74. The molecule has 0 amide bonds. The molecule has 0 fully saturated rings. The standard InChI is InChI=1S/C12H15ClN4O4/c1-3-20-12(18)11-10(5-13)17(16-14-11)6-8-4-9(7-19-2)21-15-8/h4H,3,5-7H2,1-2H3. The fraction of sp³-hybridized carbons (Fsp3) is 0.500. The van der Waals surface area contributed by atoms with Crippen molar-refractivity contribution in [1.82, 2.24) is 20.2 Å². The van der Waals surface area contributed by atoms with Crippen LogP contribution in [0.2, 0.25) is 0 Å². The second-order valence-electron chi connectivity index (χ2n) is 4.11. The highest BCUT2D eigenvalue weighted by Crippen LogP contribution is 2.13. The number of carbonyl (C=O) groups is 1. The summed E-state index contributed by atoms with van der Waals surface area (Å²) in [7, 11) is 1.57. The Labute approximate surface area is 125 Å². The van der Waals surface area contributed by atoms with Gasteiger partial charge in [0.2, 0.25) is 0 Å². The van der Waals surface area contributed by atoms with Gasteiger partial charge >= 0.3 is 5.97 Å². The second kappa shape index (κ2) is 7.19. The first-order valence-electron chi connectivity index (χ1n) is 6.28. The van der Waals surface area contributed by atoms with Crippen molar-refractivity contribution in [3.8, 4) is 0 Å². The summed E-state index contributed by atoms with van der Waals surface area (Å²) in [6.45, 7) is 2.61. The summed E-state index contributed by atoms with van der Waals surface area (Å²) in [4.78, 5) is 11.7. The van der Waals surface area contributed by atoms with Crippen LogP contribution in [0.4, 0.5) is 0 Å². The lowest BCUT2D eigenvalue weighted by Crippen LogP contribution is -2.10. The van der Waals surface area contributed by atoms with Crippen LogP contribution in [0.25, 0.3) is 0 Å². The number of carbonyl (C=O) groups excluding carboxylic acids is 1. The van der Waals surface area contributed by atoms with Crippen molar-refractivity contribution in [2.75, 3.05) is 13.7 Å². The summed E-state index contributed by atoms with van der Waals surface area (Å²) in [5.74, 6) is 0.148. The Kier molecular flexibility index (Phi) is 5.29. The zero-order chi connectivity index (χ0) is 15.2. The van der Waals surface area contributed by atoms with E-state index >= 15 is 0 Å². The van der Waals surface area contributed by atoms with E-state index in [4.69, 9.17) is 25.6 Å². The van der Waals surface area contributed by atoms with Gasteiger partial charge < -0.3 is 14.0 Å². The summed E-state index contributed by atoms with van der Waals surface area (Å²) >= 11 is 5.87. The minimum atomic E-state index is -0.542. The second-order valence-corrected chi connectivity index (χ2v) is 4.38. The Hall–Kier alpha value is -1.93. The van der Waals surface area contributed by atoms with Crippen LogP contribution in [-0.4, -0.2) is 39.8 Å². The van der Waals surface area contributed by atoms with Gasteiger partial charge in [-0.05, 0) is 6.92 Å². The molecule has 0 saturated carbocycles. The number of hydrogen-bond acceptors (Lipinski definition) is 7. The van der Waals surface area contributed by atoms with Crippen LogP contribution in [0.5, 0.6) is 0 Å². The van der Waals surface area contributed by atoms with Crippen molar-refractivity contribution in [1.29, 1.82) is 0 Å². The molecule has 0 aliphatic carbocycles. The van der Waals surface area contributed by atoms with Crippen molar-refractivity contribution in [3.63, 3.8) is 0 Å². The molecule has 0 unspecified atom stereocenters. The molecule has 0 aliphatic heterocycles. The van der Waals surface area contributed by atoms with Crippen LogP contribution in [-0.2, 0) is 28.5 Å². The Morgan fingerprint density at radius 1 is 1.52 bits per heavy atom. The number of methoxy groups -OCH3 is 1. The highest BCUT2D eigenvalue weighted by molar-refractivity contribution is 6.17. The van der Waals surface area contributed by atoms with Gasteiger partial charge in [0.15, 0.2) is 11.5 Å². The third-order valence-electron chi connectivity index (χ3n) is 2.64. The molecule has 21 heavy (non-hydrogen) atoms. The molecule has 2 aromatic rings. The average Bonchev–Trinajstić information content (AvgIpc) is 3.07. The molecule has 0 radical (unpaired) electrons. The maximum Gasteiger partial charge on any atom is 0.360 e.